The number of ketones is 1. The second-order valence-electron chi connectivity index (χ2n) is 9.19. The van der Waals surface area contributed by atoms with Gasteiger partial charge in [0.15, 0.2) is 5.78 Å². The Balaban J connectivity index is 1.51. The molecule has 0 spiro atoms. The van der Waals surface area contributed by atoms with E-state index in [4.69, 9.17) is 0 Å². The average Bonchev–Trinajstić information content (AvgIpc) is 3.41. The maximum atomic E-state index is 13.1. The van der Waals surface area contributed by atoms with Crippen LogP contribution in [0.3, 0.4) is 0 Å². The van der Waals surface area contributed by atoms with Crippen molar-refractivity contribution in [1.82, 2.24) is 5.32 Å². The largest absolute Gasteiger partial charge is 0.416 e. The van der Waals surface area contributed by atoms with Crippen LogP contribution in [-0.4, -0.2) is 18.4 Å². The van der Waals surface area contributed by atoms with Crippen molar-refractivity contribution in [2.45, 2.75) is 70.0 Å². The first-order valence-corrected chi connectivity index (χ1v) is 11.3. The molecule has 1 N–H and O–H groups in total. The number of halogens is 3. The normalized spacial score (nSPS) is 20.1. The molecule has 1 saturated carbocycles. The summed E-state index contributed by atoms with van der Waals surface area (Å²) < 4.78 is 38.9. The zero-order valence-corrected chi connectivity index (χ0v) is 18.0. The lowest BCUT2D eigenvalue weighted by Gasteiger charge is -2.24. The Labute approximate surface area is 182 Å². The van der Waals surface area contributed by atoms with E-state index >= 15 is 0 Å². The molecule has 4 rings (SSSR count). The molecule has 1 unspecified atom stereocenters. The summed E-state index contributed by atoms with van der Waals surface area (Å²) in [7, 11) is 0. The van der Waals surface area contributed by atoms with Gasteiger partial charge in [0, 0.05) is 23.9 Å². The van der Waals surface area contributed by atoms with Gasteiger partial charge in [0.2, 0.25) is 0 Å². The molecule has 2 atom stereocenters. The Morgan fingerprint density at radius 2 is 1.84 bits per heavy atom. The third kappa shape index (κ3) is 5.57. The smallest absolute Gasteiger partial charge is 0.313 e. The number of Topliss-reactive ketones (excluding diaryl/α,β-unsaturated/α-hetero) is 1. The molecule has 31 heavy (non-hydrogen) atoms. The number of carbonyl (C=O) groups is 1. The summed E-state index contributed by atoms with van der Waals surface area (Å²) in [4.78, 5) is 13.1. The standard InChI is InChI=1S/C26H30F3NO/c1-17-15-21(26(27,28)29)12-13-22(17)25(31)16-23(24-3-2-14-30-24)20-10-8-19(9-11-20)7-6-18-4-5-18/h8-13,15,18,23-24,30H,2-7,14,16H2,1H3/t23-,24?/m1/s1. The van der Waals surface area contributed by atoms with Crippen molar-refractivity contribution in [2.75, 3.05) is 6.54 Å². The van der Waals surface area contributed by atoms with Crippen LogP contribution in [0.25, 0.3) is 0 Å². The minimum absolute atomic E-state index is 0.0224. The zero-order valence-electron chi connectivity index (χ0n) is 18.0. The van der Waals surface area contributed by atoms with Gasteiger partial charge in [0.25, 0.3) is 0 Å². The highest BCUT2D eigenvalue weighted by Gasteiger charge is 2.32. The number of rotatable bonds is 8. The van der Waals surface area contributed by atoms with E-state index in [1.54, 1.807) is 6.92 Å². The first-order chi connectivity index (χ1) is 14.8. The van der Waals surface area contributed by atoms with Gasteiger partial charge in [0.1, 0.15) is 0 Å². The van der Waals surface area contributed by atoms with Gasteiger partial charge in [-0.3, -0.25) is 4.79 Å². The van der Waals surface area contributed by atoms with Crippen molar-refractivity contribution >= 4 is 5.78 Å². The lowest BCUT2D eigenvalue weighted by Crippen LogP contribution is -2.30. The fourth-order valence-corrected chi connectivity index (χ4v) is 4.72. The van der Waals surface area contributed by atoms with Gasteiger partial charge in [-0.1, -0.05) is 43.2 Å². The van der Waals surface area contributed by atoms with Gasteiger partial charge >= 0.3 is 6.18 Å². The van der Waals surface area contributed by atoms with Crippen molar-refractivity contribution in [3.05, 3.63) is 70.3 Å². The predicted molar refractivity (Wildman–Crippen MR) is 116 cm³/mol. The maximum absolute atomic E-state index is 13.1. The topological polar surface area (TPSA) is 29.1 Å². The third-order valence-electron chi connectivity index (χ3n) is 6.79. The van der Waals surface area contributed by atoms with E-state index in [1.807, 2.05) is 0 Å². The number of hydrogen-bond donors (Lipinski definition) is 1. The summed E-state index contributed by atoms with van der Waals surface area (Å²) in [6.07, 6.45) is 3.05. The molecule has 2 fully saturated rings. The van der Waals surface area contributed by atoms with Gasteiger partial charge < -0.3 is 5.32 Å². The summed E-state index contributed by atoms with van der Waals surface area (Å²) in [6, 6.07) is 12.3. The molecule has 2 aliphatic rings. The molecule has 1 heterocycles. The summed E-state index contributed by atoms with van der Waals surface area (Å²) in [5.74, 6) is 0.830. The third-order valence-corrected chi connectivity index (χ3v) is 6.79. The fourth-order valence-electron chi connectivity index (χ4n) is 4.72. The van der Waals surface area contributed by atoms with E-state index in [2.05, 4.69) is 29.6 Å². The van der Waals surface area contributed by atoms with Crippen LogP contribution in [0.4, 0.5) is 13.2 Å². The Morgan fingerprint density at radius 1 is 1.10 bits per heavy atom. The Morgan fingerprint density at radius 3 is 2.42 bits per heavy atom. The summed E-state index contributed by atoms with van der Waals surface area (Å²) in [5.41, 5.74) is 2.52. The minimum atomic E-state index is -4.40. The van der Waals surface area contributed by atoms with Crippen LogP contribution in [0.5, 0.6) is 0 Å². The van der Waals surface area contributed by atoms with Gasteiger partial charge in [0.05, 0.1) is 5.56 Å². The average molecular weight is 430 g/mol. The fraction of sp³-hybridized carbons (Fsp3) is 0.500. The van der Waals surface area contributed by atoms with Crippen molar-refractivity contribution in [1.29, 1.82) is 0 Å². The van der Waals surface area contributed by atoms with Gasteiger partial charge in [-0.05, 0) is 73.9 Å². The van der Waals surface area contributed by atoms with Gasteiger partial charge in [-0.25, -0.2) is 0 Å². The molecule has 1 aliphatic carbocycles. The molecule has 2 aromatic carbocycles. The van der Waals surface area contributed by atoms with Crippen LogP contribution in [-0.2, 0) is 12.6 Å². The maximum Gasteiger partial charge on any atom is 0.416 e. The number of carbonyl (C=O) groups excluding carboxylic acids is 1. The van der Waals surface area contributed by atoms with Crippen molar-refractivity contribution in [3.63, 3.8) is 0 Å². The second-order valence-corrected chi connectivity index (χ2v) is 9.19. The minimum Gasteiger partial charge on any atom is -0.313 e. The lowest BCUT2D eigenvalue weighted by molar-refractivity contribution is -0.137. The van der Waals surface area contributed by atoms with E-state index in [0.717, 1.165) is 49.4 Å². The van der Waals surface area contributed by atoms with Crippen LogP contribution in [0.2, 0.25) is 0 Å². The zero-order chi connectivity index (χ0) is 22.0. The number of nitrogens with one attached hydrogen (secondary N) is 1. The predicted octanol–water partition coefficient (Wildman–Crippen LogP) is 6.47. The summed E-state index contributed by atoms with van der Waals surface area (Å²) >= 11 is 0. The first kappa shape index (κ1) is 22.1. The highest BCUT2D eigenvalue weighted by molar-refractivity contribution is 5.98. The van der Waals surface area contributed by atoms with Crippen molar-refractivity contribution < 1.29 is 18.0 Å². The molecule has 1 saturated heterocycles. The van der Waals surface area contributed by atoms with E-state index in [1.165, 1.54) is 30.9 Å². The van der Waals surface area contributed by atoms with E-state index in [9.17, 15) is 18.0 Å². The molecule has 0 aromatic heterocycles. The van der Waals surface area contributed by atoms with E-state index < -0.39 is 11.7 Å². The highest BCUT2D eigenvalue weighted by Crippen LogP contribution is 2.35. The lowest BCUT2D eigenvalue weighted by atomic mass is 9.84. The second kappa shape index (κ2) is 9.15. The van der Waals surface area contributed by atoms with Crippen LogP contribution in [0.15, 0.2) is 42.5 Å². The molecule has 5 heteroatoms. The van der Waals surface area contributed by atoms with Crippen LogP contribution < -0.4 is 5.32 Å². The summed E-state index contributed by atoms with van der Waals surface area (Å²) in [5, 5.41) is 3.52. The molecular weight excluding hydrogens is 399 g/mol. The number of alkyl halides is 3. The van der Waals surface area contributed by atoms with Crippen LogP contribution in [0, 0.1) is 12.8 Å². The van der Waals surface area contributed by atoms with Crippen LogP contribution >= 0.6 is 0 Å². The monoisotopic (exact) mass is 429 g/mol. The Kier molecular flexibility index (Phi) is 6.52. The van der Waals surface area contributed by atoms with Gasteiger partial charge in [-0.15, -0.1) is 0 Å². The SMILES string of the molecule is Cc1cc(C(F)(F)F)ccc1C(=O)C[C@H](c1ccc(CCC2CC2)cc1)C1CCCN1. The number of aryl methyl sites for hydroxylation is 2. The summed E-state index contributed by atoms with van der Waals surface area (Å²) in [6.45, 7) is 2.52. The molecule has 0 amide bonds. The quantitative estimate of drug-likeness (QED) is 0.488. The van der Waals surface area contributed by atoms with Crippen molar-refractivity contribution in [3.8, 4) is 0 Å². The van der Waals surface area contributed by atoms with Gasteiger partial charge in [-0.2, -0.15) is 13.2 Å². The Hall–Kier alpha value is -2.14. The van der Waals surface area contributed by atoms with Crippen LogP contribution in [0.1, 0.15) is 77.1 Å². The molecule has 1 aliphatic heterocycles. The number of benzene rings is 2. The van der Waals surface area contributed by atoms with E-state index in [0.29, 0.717) is 17.5 Å². The first-order valence-electron chi connectivity index (χ1n) is 11.3. The molecular formula is C26H30F3NO. The molecule has 2 nitrogen and oxygen atoms in total. The molecule has 0 bridgehead atoms. The van der Waals surface area contributed by atoms with E-state index in [-0.39, 0.29) is 17.7 Å². The highest BCUT2D eigenvalue weighted by atomic mass is 19.4. The molecule has 166 valence electrons. The Bertz CT molecular complexity index is 909. The molecule has 2 aromatic rings. The number of hydrogen-bond acceptors (Lipinski definition) is 2. The molecule has 0 radical (unpaired) electrons. The van der Waals surface area contributed by atoms with Crippen molar-refractivity contribution in [2.24, 2.45) is 5.92 Å².